The number of nitrogens with one attached hydrogen (secondary N) is 2. The first kappa shape index (κ1) is 20.7. The van der Waals surface area contributed by atoms with E-state index in [2.05, 4.69) is 32.4 Å². The van der Waals surface area contributed by atoms with Gasteiger partial charge < -0.3 is 20.8 Å². The van der Waals surface area contributed by atoms with E-state index < -0.39 is 0 Å². The van der Waals surface area contributed by atoms with Crippen molar-refractivity contribution < 1.29 is 4.42 Å². The number of halogens is 2. The van der Waals surface area contributed by atoms with Gasteiger partial charge in [-0.3, -0.25) is 4.98 Å². The standard InChI is InChI=1S/C22H18Cl2N6O/c1-12-6-8-15(11-26-12)28-22-30-29-21(31-22)14-7-9-18(25)19(10-14)27-13(2)20-16(23)4-3-5-17(20)24/h3-11,27H,2,25H2,1H3,(H,28,30). The minimum absolute atomic E-state index is 0.249. The quantitative estimate of drug-likeness (QED) is 0.301. The topological polar surface area (TPSA) is 102 Å². The van der Waals surface area contributed by atoms with Gasteiger partial charge in [0.05, 0.1) is 33.3 Å². The van der Waals surface area contributed by atoms with Crippen LogP contribution in [0.3, 0.4) is 0 Å². The minimum atomic E-state index is 0.249. The van der Waals surface area contributed by atoms with Gasteiger partial charge >= 0.3 is 6.01 Å². The number of nitrogen functional groups attached to an aromatic ring is 1. The molecule has 4 rings (SSSR count). The van der Waals surface area contributed by atoms with Gasteiger partial charge in [0.1, 0.15) is 0 Å². The minimum Gasteiger partial charge on any atom is -0.403 e. The summed E-state index contributed by atoms with van der Waals surface area (Å²) in [6.07, 6.45) is 1.69. The fourth-order valence-electron chi connectivity index (χ4n) is 2.86. The summed E-state index contributed by atoms with van der Waals surface area (Å²) in [6, 6.07) is 14.6. The second-order valence-electron chi connectivity index (χ2n) is 6.73. The average molecular weight is 453 g/mol. The molecular weight excluding hydrogens is 435 g/mol. The third kappa shape index (κ3) is 4.63. The third-order valence-corrected chi connectivity index (χ3v) is 5.07. The van der Waals surface area contributed by atoms with Crippen LogP contribution in [0.1, 0.15) is 11.3 Å². The van der Waals surface area contributed by atoms with Crippen molar-refractivity contribution in [2.24, 2.45) is 0 Å². The molecule has 0 aliphatic rings. The van der Waals surface area contributed by atoms with E-state index in [0.29, 0.717) is 44.1 Å². The van der Waals surface area contributed by atoms with Crippen LogP contribution in [0.5, 0.6) is 0 Å². The highest BCUT2D eigenvalue weighted by Crippen LogP contribution is 2.34. The van der Waals surface area contributed by atoms with E-state index in [9.17, 15) is 0 Å². The van der Waals surface area contributed by atoms with Gasteiger partial charge in [0.2, 0.25) is 5.89 Å². The summed E-state index contributed by atoms with van der Waals surface area (Å²) in [6.45, 7) is 5.95. The molecule has 0 saturated heterocycles. The smallest absolute Gasteiger partial charge is 0.320 e. The molecule has 4 N–H and O–H groups in total. The van der Waals surface area contributed by atoms with E-state index >= 15 is 0 Å². The number of aryl methyl sites for hydroxylation is 1. The molecule has 2 aromatic heterocycles. The SMILES string of the molecule is C=C(Nc1cc(-c2nnc(Nc3ccc(C)nc3)o2)ccc1N)c1c(Cl)cccc1Cl. The van der Waals surface area contributed by atoms with Crippen molar-refractivity contribution in [3.63, 3.8) is 0 Å². The second-order valence-corrected chi connectivity index (χ2v) is 7.54. The fourth-order valence-corrected chi connectivity index (χ4v) is 3.49. The van der Waals surface area contributed by atoms with Gasteiger partial charge in [-0.05, 0) is 49.4 Å². The molecule has 2 aromatic carbocycles. The molecule has 0 fully saturated rings. The molecule has 0 spiro atoms. The Hall–Kier alpha value is -3.55. The Morgan fingerprint density at radius 2 is 1.84 bits per heavy atom. The van der Waals surface area contributed by atoms with Gasteiger partial charge in [-0.1, -0.05) is 40.9 Å². The number of rotatable bonds is 6. The Morgan fingerprint density at radius 1 is 1.06 bits per heavy atom. The van der Waals surface area contributed by atoms with Crippen LogP contribution in [-0.4, -0.2) is 15.2 Å². The van der Waals surface area contributed by atoms with Crippen LogP contribution < -0.4 is 16.4 Å². The highest BCUT2D eigenvalue weighted by Gasteiger charge is 2.14. The number of hydrogen-bond acceptors (Lipinski definition) is 7. The van der Waals surface area contributed by atoms with Gasteiger partial charge in [0.25, 0.3) is 0 Å². The normalized spacial score (nSPS) is 10.7. The predicted octanol–water partition coefficient (Wildman–Crippen LogP) is 6.16. The molecule has 9 heteroatoms. The zero-order valence-electron chi connectivity index (χ0n) is 16.5. The first-order valence-corrected chi connectivity index (χ1v) is 9.99. The number of benzene rings is 2. The zero-order chi connectivity index (χ0) is 22.0. The number of nitrogens with zero attached hydrogens (tertiary/aromatic N) is 3. The summed E-state index contributed by atoms with van der Waals surface area (Å²) in [5, 5.41) is 15.3. The molecule has 0 aliphatic heterocycles. The highest BCUT2D eigenvalue weighted by molar-refractivity contribution is 6.37. The second kappa shape index (κ2) is 8.67. The summed E-state index contributed by atoms with van der Waals surface area (Å²) < 4.78 is 5.73. The monoisotopic (exact) mass is 452 g/mol. The Morgan fingerprint density at radius 3 is 2.55 bits per heavy atom. The van der Waals surface area contributed by atoms with Crippen molar-refractivity contribution >= 4 is 52.0 Å². The number of hydrogen-bond donors (Lipinski definition) is 3. The summed E-state index contributed by atoms with van der Waals surface area (Å²) in [5.41, 5.74) is 10.7. The first-order chi connectivity index (χ1) is 14.9. The molecule has 0 amide bonds. The molecule has 4 aromatic rings. The summed E-state index contributed by atoms with van der Waals surface area (Å²) in [4.78, 5) is 4.22. The molecule has 2 heterocycles. The van der Waals surface area contributed by atoms with E-state index in [0.717, 1.165) is 11.4 Å². The predicted molar refractivity (Wildman–Crippen MR) is 126 cm³/mol. The lowest BCUT2D eigenvalue weighted by Gasteiger charge is -2.15. The summed E-state index contributed by atoms with van der Waals surface area (Å²) in [5.74, 6) is 0.326. The maximum absolute atomic E-state index is 6.27. The average Bonchev–Trinajstić information content (AvgIpc) is 3.20. The largest absolute Gasteiger partial charge is 0.403 e. The van der Waals surface area contributed by atoms with Crippen LogP contribution in [0.25, 0.3) is 17.2 Å². The van der Waals surface area contributed by atoms with Crippen LogP contribution in [0, 0.1) is 6.92 Å². The van der Waals surface area contributed by atoms with Gasteiger partial charge in [0, 0.05) is 22.5 Å². The molecule has 156 valence electrons. The highest BCUT2D eigenvalue weighted by atomic mass is 35.5. The number of anilines is 4. The van der Waals surface area contributed by atoms with Gasteiger partial charge in [-0.25, -0.2) is 0 Å². The Kier molecular flexibility index (Phi) is 5.79. The van der Waals surface area contributed by atoms with E-state index in [-0.39, 0.29) is 6.01 Å². The third-order valence-electron chi connectivity index (χ3n) is 4.44. The molecule has 0 aliphatic carbocycles. The summed E-state index contributed by atoms with van der Waals surface area (Å²) >= 11 is 12.5. The van der Waals surface area contributed by atoms with Crippen molar-refractivity contribution in [3.05, 3.63) is 82.6 Å². The molecule has 0 radical (unpaired) electrons. The maximum Gasteiger partial charge on any atom is 0.320 e. The summed E-state index contributed by atoms with van der Waals surface area (Å²) in [7, 11) is 0. The Bertz CT molecular complexity index is 1230. The van der Waals surface area contributed by atoms with E-state index in [1.54, 1.807) is 42.6 Å². The van der Waals surface area contributed by atoms with Crippen LogP contribution in [-0.2, 0) is 0 Å². The van der Waals surface area contributed by atoms with Crippen molar-refractivity contribution in [1.29, 1.82) is 0 Å². The number of aromatic nitrogens is 3. The van der Waals surface area contributed by atoms with Crippen LogP contribution in [0.2, 0.25) is 10.0 Å². The van der Waals surface area contributed by atoms with Gasteiger partial charge in [-0.15, -0.1) is 5.10 Å². The van der Waals surface area contributed by atoms with Crippen LogP contribution in [0.15, 0.2) is 65.7 Å². The van der Waals surface area contributed by atoms with Crippen molar-refractivity contribution in [2.45, 2.75) is 6.92 Å². The number of pyridine rings is 1. The van der Waals surface area contributed by atoms with Crippen LogP contribution in [0.4, 0.5) is 23.1 Å². The lowest BCUT2D eigenvalue weighted by atomic mass is 10.1. The number of nitrogens with two attached hydrogens (primary N) is 1. The Labute approximate surface area is 188 Å². The van der Waals surface area contributed by atoms with E-state index in [1.165, 1.54) is 0 Å². The molecular formula is C22H18Cl2N6O. The molecule has 0 unspecified atom stereocenters. The molecule has 0 bridgehead atoms. The van der Waals surface area contributed by atoms with E-state index in [4.69, 9.17) is 33.4 Å². The molecule has 0 saturated carbocycles. The lowest BCUT2D eigenvalue weighted by molar-refractivity contribution is 0.587. The molecule has 31 heavy (non-hydrogen) atoms. The molecule has 0 atom stereocenters. The van der Waals surface area contributed by atoms with Gasteiger partial charge in [0.15, 0.2) is 0 Å². The first-order valence-electron chi connectivity index (χ1n) is 9.24. The molecule has 7 nitrogen and oxygen atoms in total. The van der Waals surface area contributed by atoms with Crippen molar-refractivity contribution in [3.8, 4) is 11.5 Å². The fraction of sp³-hybridized carbons (Fsp3) is 0.0455. The van der Waals surface area contributed by atoms with Crippen LogP contribution >= 0.6 is 23.2 Å². The lowest BCUT2D eigenvalue weighted by Crippen LogP contribution is -2.02. The maximum atomic E-state index is 6.27. The van der Waals surface area contributed by atoms with E-state index in [1.807, 2.05) is 19.1 Å². The van der Waals surface area contributed by atoms with Crippen molar-refractivity contribution in [2.75, 3.05) is 16.4 Å². The van der Waals surface area contributed by atoms with Crippen molar-refractivity contribution in [1.82, 2.24) is 15.2 Å². The zero-order valence-corrected chi connectivity index (χ0v) is 18.0. The van der Waals surface area contributed by atoms with Gasteiger partial charge in [-0.2, -0.15) is 0 Å². The Balaban J connectivity index is 1.56.